The molecule has 2 radical (unpaired) electrons. The van der Waals surface area contributed by atoms with Crippen LogP contribution in [-0.2, 0) is 4.74 Å². The number of hydrogen-bond donors (Lipinski definition) is 0. The molecule has 0 unspecified atom stereocenters. The molecule has 0 saturated heterocycles. The van der Waals surface area contributed by atoms with E-state index in [1.54, 1.807) is 7.11 Å². The third kappa shape index (κ3) is 4.32. The third-order valence-electron chi connectivity index (χ3n) is 0.319. The third-order valence-corrected chi connectivity index (χ3v) is 0.901. The van der Waals surface area contributed by atoms with E-state index >= 15 is 0 Å². The zero-order valence-electron chi connectivity index (χ0n) is 3.69. The Bertz CT molecular complexity index is 69.4. The van der Waals surface area contributed by atoms with Crippen LogP contribution in [0.2, 0.25) is 0 Å². The van der Waals surface area contributed by atoms with Crippen molar-refractivity contribution >= 4 is 22.5 Å². The van der Waals surface area contributed by atoms with Gasteiger partial charge in [0.1, 0.15) is 0 Å². The first-order chi connectivity index (χ1) is 2.91. The van der Waals surface area contributed by atoms with E-state index in [9.17, 15) is 0 Å². The Morgan fingerprint density at radius 3 is 2.67 bits per heavy atom. The van der Waals surface area contributed by atoms with Crippen LogP contribution in [0.1, 0.15) is 0 Å². The van der Waals surface area contributed by atoms with E-state index < -0.39 is 0 Å². The molecule has 0 spiro atoms. The standard InChI is InChI=1S/C4H5O.Sn.H/c1-3-4-5-2;;/h4H2,2H3;;. The summed E-state index contributed by atoms with van der Waals surface area (Å²) >= 11 is 1.02. The summed E-state index contributed by atoms with van der Waals surface area (Å²) in [6.07, 6.45) is 0. The van der Waals surface area contributed by atoms with Gasteiger partial charge in [-0.15, -0.1) is 0 Å². The maximum atomic E-state index is 4.63. The summed E-state index contributed by atoms with van der Waals surface area (Å²) in [5.41, 5.74) is 0. The van der Waals surface area contributed by atoms with Crippen LogP contribution < -0.4 is 0 Å². The van der Waals surface area contributed by atoms with Crippen LogP contribution in [0.5, 0.6) is 0 Å². The number of hydrogen-bond acceptors (Lipinski definition) is 1. The second-order valence-electron chi connectivity index (χ2n) is 0.754. The van der Waals surface area contributed by atoms with Gasteiger partial charge in [-0.1, -0.05) is 0 Å². The van der Waals surface area contributed by atoms with E-state index in [-0.39, 0.29) is 0 Å². The van der Waals surface area contributed by atoms with Crippen molar-refractivity contribution in [2.24, 2.45) is 0 Å². The van der Waals surface area contributed by atoms with E-state index in [1.807, 2.05) is 0 Å². The van der Waals surface area contributed by atoms with Gasteiger partial charge in [-0.3, -0.25) is 0 Å². The molecule has 32 valence electrons. The summed E-state index contributed by atoms with van der Waals surface area (Å²) in [5.74, 6) is 2.78. The molecule has 0 fully saturated rings. The molecule has 0 aromatic rings. The second-order valence-corrected chi connectivity index (χ2v) is 1.58. The zero-order valence-corrected chi connectivity index (χ0v) is 6.99. The van der Waals surface area contributed by atoms with Crippen molar-refractivity contribution in [3.05, 3.63) is 0 Å². The Hall–Kier alpha value is 0.319. The molecule has 0 heterocycles. The molecular formula is C4H6OSn. The maximum absolute atomic E-state index is 4.63. The van der Waals surface area contributed by atoms with Crippen LogP contribution in [0.25, 0.3) is 0 Å². The van der Waals surface area contributed by atoms with Gasteiger partial charge < -0.3 is 0 Å². The van der Waals surface area contributed by atoms with Gasteiger partial charge in [-0.05, 0) is 0 Å². The second kappa shape index (κ2) is 5.32. The van der Waals surface area contributed by atoms with Crippen molar-refractivity contribution < 1.29 is 4.74 Å². The van der Waals surface area contributed by atoms with Crippen LogP contribution in [0.4, 0.5) is 0 Å². The minimum absolute atomic E-state index is 0.585. The van der Waals surface area contributed by atoms with Crippen molar-refractivity contribution in [3.8, 4) is 9.86 Å². The van der Waals surface area contributed by atoms with E-state index in [4.69, 9.17) is 0 Å². The summed E-state index contributed by atoms with van der Waals surface area (Å²) < 4.78 is 7.45. The minimum atomic E-state index is 0.585. The summed E-state index contributed by atoms with van der Waals surface area (Å²) in [6.45, 7) is 0.585. The van der Waals surface area contributed by atoms with Gasteiger partial charge in [-0.2, -0.15) is 0 Å². The molecule has 1 nitrogen and oxygen atoms in total. The fourth-order valence-corrected chi connectivity index (χ4v) is 0.352. The van der Waals surface area contributed by atoms with Crippen molar-refractivity contribution in [3.63, 3.8) is 0 Å². The van der Waals surface area contributed by atoms with Crippen molar-refractivity contribution in [1.29, 1.82) is 0 Å². The summed E-state index contributed by atoms with van der Waals surface area (Å²) in [6, 6.07) is 0. The zero-order chi connectivity index (χ0) is 4.83. The predicted molar refractivity (Wildman–Crippen MR) is 26.8 cm³/mol. The molecule has 0 aliphatic heterocycles. The molecule has 0 rings (SSSR count). The number of ether oxygens (including phenoxy) is 1. The molecular weight excluding hydrogens is 183 g/mol. The fourth-order valence-electron chi connectivity index (χ4n) is 0.114. The van der Waals surface area contributed by atoms with Crippen molar-refractivity contribution in [2.45, 2.75) is 0 Å². The Balaban J connectivity index is 2.79. The quantitative estimate of drug-likeness (QED) is 0.398. The average Bonchev–Trinajstić information content (AvgIpc) is 1.61. The van der Waals surface area contributed by atoms with E-state index in [1.165, 1.54) is 0 Å². The van der Waals surface area contributed by atoms with E-state index in [2.05, 4.69) is 14.6 Å². The Morgan fingerprint density at radius 2 is 2.50 bits per heavy atom. The molecule has 0 N–H and O–H groups in total. The van der Waals surface area contributed by atoms with Gasteiger partial charge in [0.05, 0.1) is 0 Å². The first-order valence-electron chi connectivity index (χ1n) is 1.59. The molecule has 0 aliphatic carbocycles. The predicted octanol–water partition coefficient (Wildman–Crippen LogP) is -0.506. The molecule has 0 atom stereocenters. The van der Waals surface area contributed by atoms with Crippen LogP contribution in [0.3, 0.4) is 0 Å². The van der Waals surface area contributed by atoms with Gasteiger partial charge in [0.15, 0.2) is 0 Å². The van der Waals surface area contributed by atoms with Gasteiger partial charge >= 0.3 is 50.8 Å². The first kappa shape index (κ1) is 6.32. The molecule has 0 aliphatic rings. The molecule has 0 aromatic carbocycles. The molecule has 2 heteroatoms. The number of methoxy groups -OCH3 is 1. The normalized spacial score (nSPS) is 6.33. The molecule has 0 aromatic heterocycles. The van der Waals surface area contributed by atoms with Crippen LogP contribution in [0, 0.1) is 9.86 Å². The summed E-state index contributed by atoms with van der Waals surface area (Å²) in [5, 5.41) is 0. The van der Waals surface area contributed by atoms with Crippen molar-refractivity contribution in [2.75, 3.05) is 13.7 Å². The molecule has 0 amide bonds. The fraction of sp³-hybridized carbons (Fsp3) is 0.500. The van der Waals surface area contributed by atoms with Gasteiger partial charge in [0, 0.05) is 0 Å². The van der Waals surface area contributed by atoms with Gasteiger partial charge in [-0.25, -0.2) is 0 Å². The molecule has 0 bridgehead atoms. The summed E-state index contributed by atoms with van der Waals surface area (Å²) in [7, 11) is 1.64. The Morgan fingerprint density at radius 1 is 1.83 bits per heavy atom. The van der Waals surface area contributed by atoms with E-state index in [0.717, 1.165) is 22.5 Å². The Kier molecular flexibility index (Phi) is 5.60. The topological polar surface area (TPSA) is 9.23 Å². The van der Waals surface area contributed by atoms with Crippen LogP contribution in [0.15, 0.2) is 0 Å². The monoisotopic (exact) mass is 190 g/mol. The SMILES string of the molecule is COCC#[C][SnH]. The van der Waals surface area contributed by atoms with Crippen LogP contribution >= 0.6 is 0 Å². The first-order valence-corrected chi connectivity index (χ1v) is 3.24. The molecule has 6 heavy (non-hydrogen) atoms. The number of rotatable bonds is 1. The van der Waals surface area contributed by atoms with Crippen LogP contribution in [-0.4, -0.2) is 36.2 Å². The molecule has 0 saturated carbocycles. The van der Waals surface area contributed by atoms with Crippen molar-refractivity contribution in [1.82, 2.24) is 0 Å². The van der Waals surface area contributed by atoms with Gasteiger partial charge in [0.2, 0.25) is 0 Å². The average molecular weight is 189 g/mol. The Labute approximate surface area is 51.2 Å². The van der Waals surface area contributed by atoms with E-state index in [0.29, 0.717) is 6.61 Å². The van der Waals surface area contributed by atoms with Gasteiger partial charge in [0.25, 0.3) is 0 Å². The summed E-state index contributed by atoms with van der Waals surface area (Å²) in [4.78, 5) is 0.